The van der Waals surface area contributed by atoms with Crippen LogP contribution in [0.2, 0.25) is 0 Å². The molecule has 2 aromatic rings. The predicted octanol–water partition coefficient (Wildman–Crippen LogP) is 0.630. The third kappa shape index (κ3) is 1.43. The molecule has 1 atom stereocenters. The van der Waals surface area contributed by atoms with Gasteiger partial charge in [0.2, 0.25) is 0 Å². The van der Waals surface area contributed by atoms with Gasteiger partial charge in [-0.15, -0.1) is 0 Å². The molecule has 4 rings (SSSR count). The Morgan fingerprint density at radius 2 is 2.16 bits per heavy atom. The lowest BCUT2D eigenvalue weighted by atomic mass is 9.94. The summed E-state index contributed by atoms with van der Waals surface area (Å²) in [6.07, 6.45) is 5.66. The Labute approximate surface area is 108 Å². The molecule has 2 heterocycles. The van der Waals surface area contributed by atoms with E-state index in [1.807, 2.05) is 12.1 Å². The van der Waals surface area contributed by atoms with Crippen LogP contribution in [0, 0.1) is 6.92 Å². The second kappa shape index (κ2) is 3.51. The normalized spacial score (nSPS) is 18.6. The van der Waals surface area contributed by atoms with Crippen molar-refractivity contribution in [3.8, 4) is 0 Å². The van der Waals surface area contributed by atoms with Crippen molar-refractivity contribution >= 4 is 11.6 Å². The molecule has 1 aromatic carbocycles. The van der Waals surface area contributed by atoms with E-state index < -0.39 is 0 Å². The number of fused-ring (bicyclic) bond motifs is 4. The SMILES string of the molecule is Cc1ccc2c(c1)=C1C=Cc3cnc(=O)[nH]c3C1N=2. The third-order valence-electron chi connectivity index (χ3n) is 3.62. The molecule has 19 heavy (non-hydrogen) atoms. The third-order valence-corrected chi connectivity index (χ3v) is 3.62. The van der Waals surface area contributed by atoms with Crippen molar-refractivity contribution in [1.29, 1.82) is 0 Å². The summed E-state index contributed by atoms with van der Waals surface area (Å²) in [6.45, 7) is 2.07. The molecule has 0 amide bonds. The standard InChI is InChI=1S/C15H11N3O/c1-8-2-5-12-11(6-8)10-4-3-9-7-16-15(19)18-13(9)14(10)17-12/h2-7,14H,1H3,(H,16,18,19). The highest BCUT2D eigenvalue weighted by atomic mass is 16.1. The molecular weight excluding hydrogens is 238 g/mol. The van der Waals surface area contributed by atoms with E-state index in [-0.39, 0.29) is 11.7 Å². The second-order valence-corrected chi connectivity index (χ2v) is 4.90. The van der Waals surface area contributed by atoms with Gasteiger partial charge in [-0.1, -0.05) is 23.8 Å². The highest BCUT2D eigenvalue weighted by molar-refractivity contribution is 5.77. The Hall–Kier alpha value is -2.49. The number of hydrogen-bond acceptors (Lipinski definition) is 3. The zero-order valence-corrected chi connectivity index (χ0v) is 10.3. The van der Waals surface area contributed by atoms with Crippen LogP contribution < -0.4 is 16.3 Å². The largest absolute Gasteiger partial charge is 0.345 e. The van der Waals surface area contributed by atoms with Gasteiger partial charge in [-0.2, -0.15) is 0 Å². The van der Waals surface area contributed by atoms with E-state index >= 15 is 0 Å². The predicted molar refractivity (Wildman–Crippen MR) is 72.0 cm³/mol. The van der Waals surface area contributed by atoms with Gasteiger partial charge in [0, 0.05) is 17.0 Å². The first-order valence-electron chi connectivity index (χ1n) is 6.18. The summed E-state index contributed by atoms with van der Waals surface area (Å²) < 4.78 is 0. The summed E-state index contributed by atoms with van der Waals surface area (Å²) in [5.41, 5.74) is 3.81. The first kappa shape index (κ1) is 10.4. The van der Waals surface area contributed by atoms with Gasteiger partial charge in [-0.05, 0) is 24.6 Å². The minimum atomic E-state index is -0.323. The summed E-state index contributed by atoms with van der Waals surface area (Å²) in [5, 5.41) is 2.14. The highest BCUT2D eigenvalue weighted by Gasteiger charge is 2.25. The lowest BCUT2D eigenvalue weighted by Crippen LogP contribution is -2.23. The number of aromatic amines is 1. The van der Waals surface area contributed by atoms with Gasteiger partial charge in [0.25, 0.3) is 0 Å². The van der Waals surface area contributed by atoms with Crippen LogP contribution in [0.4, 0.5) is 0 Å². The van der Waals surface area contributed by atoms with Crippen molar-refractivity contribution in [2.45, 2.75) is 13.0 Å². The summed E-state index contributed by atoms with van der Waals surface area (Å²) in [7, 11) is 0. The fraction of sp³-hybridized carbons (Fsp3) is 0.133. The smallest absolute Gasteiger partial charge is 0.307 e. The molecule has 0 saturated carbocycles. The van der Waals surface area contributed by atoms with Crippen molar-refractivity contribution in [2.75, 3.05) is 0 Å². The van der Waals surface area contributed by atoms with Crippen LogP contribution in [-0.4, -0.2) is 9.97 Å². The second-order valence-electron chi connectivity index (χ2n) is 4.90. The van der Waals surface area contributed by atoms with E-state index in [1.165, 1.54) is 5.56 Å². The molecule has 92 valence electrons. The van der Waals surface area contributed by atoms with Gasteiger partial charge in [-0.3, -0.25) is 4.99 Å². The van der Waals surface area contributed by atoms with Crippen LogP contribution >= 0.6 is 0 Å². The topological polar surface area (TPSA) is 58.1 Å². The molecule has 1 aliphatic heterocycles. The maximum Gasteiger partial charge on any atom is 0.345 e. The van der Waals surface area contributed by atoms with Gasteiger partial charge in [-0.25, -0.2) is 9.78 Å². The average molecular weight is 249 g/mol. The molecule has 4 heteroatoms. The zero-order valence-electron chi connectivity index (χ0n) is 10.3. The highest BCUT2D eigenvalue weighted by Crippen LogP contribution is 2.33. The summed E-state index contributed by atoms with van der Waals surface area (Å²) in [6, 6.07) is 6.12. The maximum atomic E-state index is 11.4. The monoisotopic (exact) mass is 249 g/mol. The Balaban J connectivity index is 2.08. The molecule has 0 radical (unpaired) electrons. The number of nitrogens with one attached hydrogen (secondary N) is 1. The van der Waals surface area contributed by atoms with Crippen LogP contribution in [0.5, 0.6) is 0 Å². The Morgan fingerprint density at radius 3 is 3.05 bits per heavy atom. The first-order chi connectivity index (χ1) is 9.22. The average Bonchev–Trinajstić information content (AvgIpc) is 2.77. The van der Waals surface area contributed by atoms with Crippen LogP contribution in [0.1, 0.15) is 22.9 Å². The van der Waals surface area contributed by atoms with Crippen molar-refractivity contribution in [2.24, 2.45) is 4.99 Å². The Morgan fingerprint density at radius 1 is 1.26 bits per heavy atom. The minimum Gasteiger partial charge on any atom is -0.307 e. The number of benzene rings is 1. The van der Waals surface area contributed by atoms with Crippen molar-refractivity contribution in [3.63, 3.8) is 0 Å². The first-order valence-corrected chi connectivity index (χ1v) is 6.18. The fourth-order valence-corrected chi connectivity index (χ4v) is 2.71. The lowest BCUT2D eigenvalue weighted by molar-refractivity contribution is 0.838. The molecule has 1 aromatic heterocycles. The number of aromatic nitrogens is 2. The summed E-state index contributed by atoms with van der Waals surface area (Å²) >= 11 is 0. The molecule has 0 spiro atoms. The van der Waals surface area contributed by atoms with Crippen molar-refractivity contribution in [3.05, 3.63) is 68.4 Å². The van der Waals surface area contributed by atoms with Crippen LogP contribution in [0.15, 0.2) is 40.3 Å². The van der Waals surface area contributed by atoms with Crippen molar-refractivity contribution < 1.29 is 0 Å². The minimum absolute atomic E-state index is 0.104. The molecule has 0 fully saturated rings. The van der Waals surface area contributed by atoms with Gasteiger partial charge >= 0.3 is 5.69 Å². The molecule has 1 N–H and O–H groups in total. The van der Waals surface area contributed by atoms with E-state index in [1.54, 1.807) is 6.20 Å². The van der Waals surface area contributed by atoms with E-state index in [0.29, 0.717) is 0 Å². The molecule has 0 saturated heterocycles. The number of rotatable bonds is 0. The Bertz CT molecular complexity index is 906. The quantitative estimate of drug-likeness (QED) is 0.744. The van der Waals surface area contributed by atoms with E-state index in [0.717, 1.165) is 27.4 Å². The van der Waals surface area contributed by atoms with Crippen molar-refractivity contribution in [1.82, 2.24) is 9.97 Å². The molecule has 1 aliphatic carbocycles. The molecule has 4 nitrogen and oxygen atoms in total. The Kier molecular flexibility index (Phi) is 1.93. The van der Waals surface area contributed by atoms with Gasteiger partial charge in [0.15, 0.2) is 0 Å². The number of aryl methyl sites for hydroxylation is 1. The van der Waals surface area contributed by atoms with Crippen LogP contribution in [-0.2, 0) is 0 Å². The summed E-state index contributed by atoms with van der Waals surface area (Å²) in [5.74, 6) is 0. The fourth-order valence-electron chi connectivity index (χ4n) is 2.71. The molecular formula is C15H11N3O. The van der Waals surface area contributed by atoms with Gasteiger partial charge in [0.1, 0.15) is 6.04 Å². The zero-order chi connectivity index (χ0) is 13.0. The number of nitrogens with zero attached hydrogens (tertiary/aromatic N) is 2. The molecule has 0 bridgehead atoms. The summed E-state index contributed by atoms with van der Waals surface area (Å²) in [4.78, 5) is 22.7. The molecule has 1 unspecified atom stereocenters. The maximum absolute atomic E-state index is 11.4. The van der Waals surface area contributed by atoms with E-state index in [9.17, 15) is 4.79 Å². The van der Waals surface area contributed by atoms with Gasteiger partial charge in [0.05, 0.1) is 11.1 Å². The van der Waals surface area contributed by atoms with Gasteiger partial charge < -0.3 is 4.98 Å². The van der Waals surface area contributed by atoms with E-state index in [2.05, 4.69) is 35.1 Å². The molecule has 2 aliphatic rings. The van der Waals surface area contributed by atoms with Crippen LogP contribution in [0.3, 0.4) is 0 Å². The van der Waals surface area contributed by atoms with Crippen LogP contribution in [0.25, 0.3) is 11.6 Å². The van der Waals surface area contributed by atoms with E-state index in [4.69, 9.17) is 4.99 Å². The number of hydrogen-bond donors (Lipinski definition) is 1. The number of H-pyrrole nitrogens is 1. The lowest BCUT2D eigenvalue weighted by Gasteiger charge is -2.17.